The lowest BCUT2D eigenvalue weighted by atomic mass is 9.93. The molecule has 2 atom stereocenters. The van der Waals surface area contributed by atoms with Crippen LogP contribution in [0.4, 0.5) is 0 Å². The van der Waals surface area contributed by atoms with Crippen molar-refractivity contribution in [3.05, 3.63) is 29.8 Å². The number of rotatable bonds is 6. The van der Waals surface area contributed by atoms with Crippen molar-refractivity contribution >= 4 is 0 Å². The summed E-state index contributed by atoms with van der Waals surface area (Å²) in [5.41, 5.74) is 1.14. The molecule has 0 fully saturated rings. The second-order valence-corrected chi connectivity index (χ2v) is 4.45. The third kappa shape index (κ3) is 3.20. The molecule has 1 rings (SSSR count). The van der Waals surface area contributed by atoms with Crippen LogP contribution in [0.3, 0.4) is 0 Å². The van der Waals surface area contributed by atoms with Crippen LogP contribution in [0.15, 0.2) is 24.3 Å². The standard InChI is InChI=1S/C14H23NO2/c1-10(2)14(17-5)13(15-3)11-8-6-7-9-12(11)16-4/h6-10,13-15H,1-5H3. The molecule has 3 nitrogen and oxygen atoms in total. The van der Waals surface area contributed by atoms with Crippen molar-refractivity contribution in [2.75, 3.05) is 21.3 Å². The van der Waals surface area contributed by atoms with E-state index in [1.165, 1.54) is 0 Å². The minimum absolute atomic E-state index is 0.122. The van der Waals surface area contributed by atoms with Crippen LogP contribution in [0, 0.1) is 5.92 Å². The Hall–Kier alpha value is -1.06. The average Bonchev–Trinajstić information content (AvgIpc) is 2.35. The highest BCUT2D eigenvalue weighted by Gasteiger charge is 2.26. The number of ether oxygens (including phenoxy) is 2. The monoisotopic (exact) mass is 237 g/mol. The van der Waals surface area contributed by atoms with Crippen molar-refractivity contribution in [3.63, 3.8) is 0 Å². The van der Waals surface area contributed by atoms with Crippen LogP contribution >= 0.6 is 0 Å². The molecular formula is C14H23NO2. The fourth-order valence-corrected chi connectivity index (χ4v) is 2.21. The van der Waals surface area contributed by atoms with Crippen molar-refractivity contribution in [1.29, 1.82) is 0 Å². The lowest BCUT2D eigenvalue weighted by Gasteiger charge is -2.30. The quantitative estimate of drug-likeness (QED) is 0.825. The van der Waals surface area contributed by atoms with Gasteiger partial charge in [0.1, 0.15) is 5.75 Å². The fourth-order valence-electron chi connectivity index (χ4n) is 2.21. The van der Waals surface area contributed by atoms with E-state index >= 15 is 0 Å². The number of benzene rings is 1. The molecule has 0 aliphatic rings. The summed E-state index contributed by atoms with van der Waals surface area (Å²) in [7, 11) is 5.40. The van der Waals surface area contributed by atoms with E-state index < -0.39 is 0 Å². The van der Waals surface area contributed by atoms with Crippen molar-refractivity contribution < 1.29 is 9.47 Å². The van der Waals surface area contributed by atoms with Gasteiger partial charge in [0.2, 0.25) is 0 Å². The van der Waals surface area contributed by atoms with E-state index in [0.29, 0.717) is 5.92 Å². The third-order valence-corrected chi connectivity index (χ3v) is 3.04. The molecule has 1 aromatic carbocycles. The van der Waals surface area contributed by atoms with Gasteiger partial charge in [-0.25, -0.2) is 0 Å². The van der Waals surface area contributed by atoms with Crippen LogP contribution in [-0.4, -0.2) is 27.4 Å². The molecule has 0 heterocycles. The highest BCUT2D eigenvalue weighted by atomic mass is 16.5. The lowest BCUT2D eigenvalue weighted by molar-refractivity contribution is 0.0342. The molecule has 3 heteroatoms. The van der Waals surface area contributed by atoms with E-state index in [1.807, 2.05) is 25.2 Å². The Morgan fingerprint density at radius 1 is 1.12 bits per heavy atom. The van der Waals surface area contributed by atoms with E-state index in [9.17, 15) is 0 Å². The number of nitrogens with one attached hydrogen (secondary N) is 1. The first-order valence-electron chi connectivity index (χ1n) is 5.98. The summed E-state index contributed by atoms with van der Waals surface area (Å²) in [4.78, 5) is 0. The summed E-state index contributed by atoms with van der Waals surface area (Å²) in [5, 5.41) is 3.32. The maximum atomic E-state index is 5.60. The molecule has 1 aromatic rings. The Kier molecular flexibility index (Phi) is 5.45. The maximum absolute atomic E-state index is 5.60. The molecule has 0 amide bonds. The first kappa shape index (κ1) is 14.0. The van der Waals surface area contributed by atoms with Gasteiger partial charge < -0.3 is 14.8 Å². The summed E-state index contributed by atoms with van der Waals surface area (Å²) < 4.78 is 11.0. The number of hydrogen-bond donors (Lipinski definition) is 1. The summed E-state index contributed by atoms with van der Waals surface area (Å²) in [6, 6.07) is 8.19. The van der Waals surface area contributed by atoms with Gasteiger partial charge in [0, 0.05) is 12.7 Å². The SMILES string of the molecule is CNC(c1ccccc1OC)C(OC)C(C)C. The molecule has 2 unspecified atom stereocenters. The van der Waals surface area contributed by atoms with E-state index in [4.69, 9.17) is 9.47 Å². The third-order valence-electron chi connectivity index (χ3n) is 3.04. The first-order chi connectivity index (χ1) is 8.15. The summed E-state index contributed by atoms with van der Waals surface area (Å²) in [6.07, 6.45) is 0.122. The van der Waals surface area contributed by atoms with Crippen LogP contribution in [0.2, 0.25) is 0 Å². The van der Waals surface area contributed by atoms with E-state index in [-0.39, 0.29) is 12.1 Å². The Morgan fingerprint density at radius 3 is 2.24 bits per heavy atom. The van der Waals surface area contributed by atoms with E-state index in [2.05, 4.69) is 25.2 Å². The molecule has 0 aromatic heterocycles. The van der Waals surface area contributed by atoms with Gasteiger partial charge in [-0.1, -0.05) is 32.0 Å². The molecule has 0 saturated carbocycles. The predicted molar refractivity (Wildman–Crippen MR) is 70.4 cm³/mol. The van der Waals surface area contributed by atoms with Gasteiger partial charge in [-0.3, -0.25) is 0 Å². The molecule has 17 heavy (non-hydrogen) atoms. The van der Waals surface area contributed by atoms with Crippen LogP contribution < -0.4 is 10.1 Å². The number of likely N-dealkylation sites (N-methyl/N-ethyl adjacent to an activating group) is 1. The van der Waals surface area contributed by atoms with Crippen molar-refractivity contribution in [2.45, 2.75) is 26.0 Å². The summed E-state index contributed by atoms with van der Waals surface area (Å²) >= 11 is 0. The van der Waals surface area contributed by atoms with Crippen LogP contribution in [-0.2, 0) is 4.74 Å². The molecule has 0 aliphatic heterocycles. The molecule has 0 spiro atoms. The molecule has 96 valence electrons. The Balaban J connectivity index is 3.07. The predicted octanol–water partition coefficient (Wildman–Crippen LogP) is 2.63. The molecule has 1 N–H and O–H groups in total. The average molecular weight is 237 g/mol. The first-order valence-corrected chi connectivity index (χ1v) is 5.98. The van der Waals surface area contributed by atoms with Gasteiger partial charge in [0.15, 0.2) is 0 Å². The van der Waals surface area contributed by atoms with Gasteiger partial charge in [-0.05, 0) is 19.0 Å². The minimum Gasteiger partial charge on any atom is -0.496 e. The van der Waals surface area contributed by atoms with Crippen LogP contribution in [0.25, 0.3) is 0 Å². The Labute approximate surface area is 104 Å². The zero-order chi connectivity index (χ0) is 12.8. The topological polar surface area (TPSA) is 30.5 Å². The maximum Gasteiger partial charge on any atom is 0.123 e. The highest BCUT2D eigenvalue weighted by Crippen LogP contribution is 2.30. The summed E-state index contributed by atoms with van der Waals surface area (Å²) in [6.45, 7) is 4.32. The van der Waals surface area contributed by atoms with Gasteiger partial charge in [0.25, 0.3) is 0 Å². The Morgan fingerprint density at radius 2 is 1.76 bits per heavy atom. The van der Waals surface area contributed by atoms with Gasteiger partial charge in [0.05, 0.1) is 19.3 Å². The second kappa shape index (κ2) is 6.62. The molecule has 0 aliphatic carbocycles. The van der Waals surface area contributed by atoms with E-state index in [0.717, 1.165) is 11.3 Å². The van der Waals surface area contributed by atoms with E-state index in [1.54, 1.807) is 14.2 Å². The zero-order valence-corrected chi connectivity index (χ0v) is 11.4. The van der Waals surface area contributed by atoms with Gasteiger partial charge >= 0.3 is 0 Å². The second-order valence-electron chi connectivity index (χ2n) is 4.45. The highest BCUT2D eigenvalue weighted by molar-refractivity contribution is 5.36. The number of methoxy groups -OCH3 is 2. The molecule has 0 saturated heterocycles. The van der Waals surface area contributed by atoms with Crippen molar-refractivity contribution in [3.8, 4) is 5.75 Å². The van der Waals surface area contributed by atoms with Crippen molar-refractivity contribution in [1.82, 2.24) is 5.32 Å². The fraction of sp³-hybridized carbons (Fsp3) is 0.571. The Bertz CT molecular complexity index is 339. The molecule has 0 bridgehead atoms. The normalized spacial score (nSPS) is 14.7. The smallest absolute Gasteiger partial charge is 0.123 e. The zero-order valence-electron chi connectivity index (χ0n) is 11.4. The lowest BCUT2D eigenvalue weighted by Crippen LogP contribution is -2.35. The number of para-hydroxylation sites is 1. The summed E-state index contributed by atoms with van der Waals surface area (Å²) in [5.74, 6) is 1.33. The van der Waals surface area contributed by atoms with Crippen molar-refractivity contribution in [2.24, 2.45) is 5.92 Å². The van der Waals surface area contributed by atoms with Crippen LogP contribution in [0.5, 0.6) is 5.75 Å². The molecular weight excluding hydrogens is 214 g/mol. The minimum atomic E-state index is 0.122. The van der Waals surface area contributed by atoms with Gasteiger partial charge in [-0.15, -0.1) is 0 Å². The largest absolute Gasteiger partial charge is 0.496 e. The molecule has 0 radical (unpaired) electrons. The van der Waals surface area contributed by atoms with Crippen LogP contribution in [0.1, 0.15) is 25.5 Å². The van der Waals surface area contributed by atoms with Gasteiger partial charge in [-0.2, -0.15) is 0 Å². The number of hydrogen-bond acceptors (Lipinski definition) is 3.